The predicted octanol–water partition coefficient (Wildman–Crippen LogP) is 5.10. The summed E-state index contributed by atoms with van der Waals surface area (Å²) in [5.74, 6) is 2.54. The number of hydrogen-bond donors (Lipinski definition) is 0. The maximum atomic E-state index is 5.97. The highest BCUT2D eigenvalue weighted by Gasteiger charge is 2.39. The molecule has 1 unspecified atom stereocenters. The SMILES string of the molecule is C=CC1=C(C=C)[S+](c2ccc(OCC)cc2)c2ccccc2O1. The van der Waals surface area contributed by atoms with Gasteiger partial charge in [-0.25, -0.2) is 0 Å². The van der Waals surface area contributed by atoms with Crippen molar-refractivity contribution in [1.29, 1.82) is 0 Å². The molecule has 2 aromatic rings. The molecule has 0 N–H and O–H groups in total. The maximum absolute atomic E-state index is 5.97. The first kappa shape index (κ1) is 15.5. The largest absolute Gasteiger partial charge is 0.494 e. The van der Waals surface area contributed by atoms with Crippen LogP contribution in [0.5, 0.6) is 11.5 Å². The van der Waals surface area contributed by atoms with E-state index in [1.54, 1.807) is 6.08 Å². The van der Waals surface area contributed by atoms with Crippen LogP contribution < -0.4 is 9.47 Å². The Balaban J connectivity index is 2.11. The molecule has 2 aromatic carbocycles. The van der Waals surface area contributed by atoms with Crippen LogP contribution >= 0.6 is 0 Å². The summed E-state index contributed by atoms with van der Waals surface area (Å²) in [6, 6.07) is 16.4. The molecular formula is C20H19O2S+. The van der Waals surface area contributed by atoms with Gasteiger partial charge in [-0.3, -0.25) is 0 Å². The van der Waals surface area contributed by atoms with Gasteiger partial charge in [0.1, 0.15) is 16.6 Å². The van der Waals surface area contributed by atoms with E-state index < -0.39 is 0 Å². The van der Waals surface area contributed by atoms with Crippen LogP contribution in [0.25, 0.3) is 0 Å². The molecule has 23 heavy (non-hydrogen) atoms. The number of ether oxygens (including phenoxy) is 2. The second kappa shape index (κ2) is 6.80. The quantitative estimate of drug-likeness (QED) is 0.713. The van der Waals surface area contributed by atoms with Gasteiger partial charge in [-0.1, -0.05) is 25.3 Å². The van der Waals surface area contributed by atoms with Crippen LogP contribution in [-0.4, -0.2) is 6.61 Å². The van der Waals surface area contributed by atoms with E-state index in [9.17, 15) is 0 Å². The lowest BCUT2D eigenvalue weighted by molar-refractivity contribution is 0.340. The lowest BCUT2D eigenvalue weighted by Crippen LogP contribution is -2.16. The Bertz CT molecular complexity index is 759. The van der Waals surface area contributed by atoms with Crippen molar-refractivity contribution in [2.45, 2.75) is 16.7 Å². The van der Waals surface area contributed by atoms with Gasteiger partial charge in [0, 0.05) is 0 Å². The molecule has 0 spiro atoms. The van der Waals surface area contributed by atoms with Crippen LogP contribution in [0, 0.1) is 0 Å². The van der Waals surface area contributed by atoms with Crippen LogP contribution in [0.1, 0.15) is 6.92 Å². The molecule has 0 fully saturated rings. The minimum absolute atomic E-state index is 0.253. The monoisotopic (exact) mass is 323 g/mol. The van der Waals surface area contributed by atoms with Gasteiger partial charge in [0.25, 0.3) is 0 Å². The van der Waals surface area contributed by atoms with Gasteiger partial charge < -0.3 is 9.47 Å². The number of benzene rings is 2. The molecule has 1 heterocycles. The molecule has 1 aliphatic heterocycles. The highest BCUT2D eigenvalue weighted by atomic mass is 32.2. The summed E-state index contributed by atoms with van der Waals surface area (Å²) in [5, 5.41) is 0. The standard InChI is InChI=1S/C20H19O2S/c1-4-17-19(5-2)23(20-10-8-7-9-18(20)22-17)16-13-11-15(12-14-16)21-6-3/h4-5,7-14H,1-2,6H2,3H3/q+1. The van der Waals surface area contributed by atoms with Gasteiger partial charge in [-0.15, -0.1) is 0 Å². The predicted molar refractivity (Wildman–Crippen MR) is 96.0 cm³/mol. The smallest absolute Gasteiger partial charge is 0.209 e. The van der Waals surface area contributed by atoms with Gasteiger partial charge in [0.15, 0.2) is 16.4 Å². The summed E-state index contributed by atoms with van der Waals surface area (Å²) < 4.78 is 11.5. The molecule has 0 bridgehead atoms. The van der Waals surface area contributed by atoms with E-state index in [-0.39, 0.29) is 10.9 Å². The fraction of sp³-hybridized carbons (Fsp3) is 0.100. The van der Waals surface area contributed by atoms with Crippen molar-refractivity contribution in [1.82, 2.24) is 0 Å². The van der Waals surface area contributed by atoms with E-state index >= 15 is 0 Å². The van der Waals surface area contributed by atoms with Crippen molar-refractivity contribution in [2.75, 3.05) is 6.61 Å². The topological polar surface area (TPSA) is 18.5 Å². The summed E-state index contributed by atoms with van der Waals surface area (Å²) >= 11 is 0. The Morgan fingerprint density at radius 1 is 1.04 bits per heavy atom. The second-order valence-corrected chi connectivity index (χ2v) is 6.86. The summed E-state index contributed by atoms with van der Waals surface area (Å²) in [5.41, 5.74) is 0. The fourth-order valence-corrected chi connectivity index (χ4v) is 4.68. The van der Waals surface area contributed by atoms with Crippen molar-refractivity contribution >= 4 is 10.9 Å². The molecule has 0 aromatic heterocycles. The third-order valence-electron chi connectivity index (χ3n) is 3.49. The zero-order valence-corrected chi connectivity index (χ0v) is 13.9. The van der Waals surface area contributed by atoms with Crippen molar-refractivity contribution in [3.63, 3.8) is 0 Å². The third-order valence-corrected chi connectivity index (χ3v) is 5.82. The van der Waals surface area contributed by atoms with Gasteiger partial charge in [0.05, 0.1) is 6.61 Å². The second-order valence-electron chi connectivity index (χ2n) is 4.90. The van der Waals surface area contributed by atoms with Crippen LogP contribution in [0.2, 0.25) is 0 Å². The lowest BCUT2D eigenvalue weighted by atomic mass is 10.3. The van der Waals surface area contributed by atoms with E-state index in [1.165, 1.54) is 4.90 Å². The number of fused-ring (bicyclic) bond motifs is 1. The van der Waals surface area contributed by atoms with Crippen molar-refractivity contribution in [2.24, 2.45) is 0 Å². The van der Waals surface area contributed by atoms with E-state index in [2.05, 4.69) is 31.4 Å². The number of para-hydroxylation sites is 1. The number of hydrogen-bond acceptors (Lipinski definition) is 2. The zero-order valence-electron chi connectivity index (χ0n) is 13.1. The first-order valence-electron chi connectivity index (χ1n) is 7.51. The average Bonchev–Trinajstić information content (AvgIpc) is 2.61. The minimum atomic E-state index is -0.253. The van der Waals surface area contributed by atoms with Crippen molar-refractivity contribution in [3.05, 3.63) is 84.5 Å². The van der Waals surface area contributed by atoms with Crippen LogP contribution in [-0.2, 0) is 10.9 Å². The Labute approximate surface area is 140 Å². The molecule has 116 valence electrons. The fourth-order valence-electron chi connectivity index (χ4n) is 2.51. The first-order valence-corrected chi connectivity index (χ1v) is 8.74. The van der Waals surface area contributed by atoms with E-state index in [0.717, 1.165) is 27.1 Å². The zero-order chi connectivity index (χ0) is 16.2. The number of rotatable bonds is 5. The molecule has 0 aliphatic carbocycles. The summed E-state index contributed by atoms with van der Waals surface area (Å²) in [7, 11) is -0.253. The third kappa shape index (κ3) is 2.92. The molecule has 1 atom stereocenters. The van der Waals surface area contributed by atoms with Crippen molar-refractivity contribution in [3.8, 4) is 11.5 Å². The van der Waals surface area contributed by atoms with Gasteiger partial charge in [-0.2, -0.15) is 0 Å². The highest BCUT2D eigenvalue weighted by Crippen LogP contribution is 2.42. The average molecular weight is 323 g/mol. The van der Waals surface area contributed by atoms with Gasteiger partial charge in [0.2, 0.25) is 9.80 Å². The Morgan fingerprint density at radius 2 is 1.78 bits per heavy atom. The molecule has 2 nitrogen and oxygen atoms in total. The van der Waals surface area contributed by atoms with Crippen molar-refractivity contribution < 1.29 is 9.47 Å². The van der Waals surface area contributed by atoms with Crippen LogP contribution in [0.4, 0.5) is 0 Å². The molecule has 3 heteroatoms. The minimum Gasteiger partial charge on any atom is -0.494 e. The number of allylic oxidation sites excluding steroid dienone is 2. The molecule has 0 radical (unpaired) electrons. The summed E-state index contributed by atoms with van der Waals surface area (Å²) in [6.45, 7) is 10.5. The molecular weight excluding hydrogens is 304 g/mol. The van der Waals surface area contributed by atoms with E-state index in [0.29, 0.717) is 6.61 Å². The molecule has 0 amide bonds. The summed E-state index contributed by atoms with van der Waals surface area (Å²) in [6.07, 6.45) is 3.62. The molecule has 0 saturated carbocycles. The van der Waals surface area contributed by atoms with Gasteiger partial charge in [-0.05, 0) is 55.5 Å². The first-order chi connectivity index (χ1) is 11.3. The molecule has 1 aliphatic rings. The van der Waals surface area contributed by atoms with E-state index in [1.807, 2.05) is 43.3 Å². The van der Waals surface area contributed by atoms with Crippen LogP contribution in [0.3, 0.4) is 0 Å². The van der Waals surface area contributed by atoms with Crippen LogP contribution in [0.15, 0.2) is 94.3 Å². The Hall–Kier alpha value is -2.39. The Kier molecular flexibility index (Phi) is 4.58. The summed E-state index contributed by atoms with van der Waals surface area (Å²) in [4.78, 5) is 3.43. The van der Waals surface area contributed by atoms with Gasteiger partial charge >= 0.3 is 0 Å². The highest BCUT2D eigenvalue weighted by molar-refractivity contribution is 8.01. The Morgan fingerprint density at radius 3 is 2.43 bits per heavy atom. The normalized spacial score (nSPS) is 16.3. The molecule has 0 saturated heterocycles. The van der Waals surface area contributed by atoms with E-state index in [4.69, 9.17) is 9.47 Å². The molecule has 3 rings (SSSR count). The maximum Gasteiger partial charge on any atom is 0.209 e. The lowest BCUT2D eigenvalue weighted by Gasteiger charge is -2.19.